The molecule has 0 spiro atoms. The number of sulfonamides is 1. The van der Waals surface area contributed by atoms with E-state index < -0.39 is 48.2 Å². The maximum absolute atomic E-state index is 13.4. The van der Waals surface area contributed by atoms with Gasteiger partial charge >= 0.3 is 0 Å². The molecule has 1 aliphatic rings. The van der Waals surface area contributed by atoms with E-state index in [0.717, 1.165) is 6.07 Å². The summed E-state index contributed by atoms with van der Waals surface area (Å²) in [5.41, 5.74) is 1.86. The Balaban J connectivity index is 1.97. The fraction of sp³-hybridized carbons (Fsp3) is 0.417. The molecule has 1 aromatic rings. The van der Waals surface area contributed by atoms with Crippen molar-refractivity contribution in [1.29, 1.82) is 0 Å². The minimum Gasteiger partial charge on any atom is -0.278 e. The van der Waals surface area contributed by atoms with Gasteiger partial charge in [-0.25, -0.2) is 25.6 Å². The van der Waals surface area contributed by atoms with E-state index in [1.165, 1.54) is 0 Å². The lowest BCUT2D eigenvalue weighted by Gasteiger charge is -2.11. The topological polar surface area (TPSA) is 109 Å². The smallest absolute Gasteiger partial charge is 0.260 e. The van der Waals surface area contributed by atoms with Gasteiger partial charge in [0.15, 0.2) is 9.84 Å². The van der Waals surface area contributed by atoms with Gasteiger partial charge in [-0.1, -0.05) is 0 Å². The Kier molecular flexibility index (Phi) is 5.01. The Labute approximate surface area is 132 Å². The maximum Gasteiger partial charge on any atom is 0.260 e. The third kappa shape index (κ3) is 4.69. The van der Waals surface area contributed by atoms with E-state index in [1.807, 2.05) is 5.43 Å². The number of sulfone groups is 1. The number of halogens is 2. The average molecular weight is 368 g/mol. The number of hydrogen-bond donors (Lipinski definition) is 2. The molecule has 0 radical (unpaired) electrons. The highest BCUT2D eigenvalue weighted by atomic mass is 32.2. The van der Waals surface area contributed by atoms with E-state index in [9.17, 15) is 30.4 Å². The Morgan fingerprint density at radius 3 is 2.61 bits per heavy atom. The maximum atomic E-state index is 13.4. The van der Waals surface area contributed by atoms with Crippen LogP contribution in [0.5, 0.6) is 0 Å². The van der Waals surface area contributed by atoms with E-state index in [2.05, 4.69) is 0 Å². The van der Waals surface area contributed by atoms with Crippen LogP contribution in [-0.4, -0.2) is 34.2 Å². The van der Waals surface area contributed by atoms with Gasteiger partial charge in [0.05, 0.1) is 11.5 Å². The third-order valence-electron chi connectivity index (χ3n) is 3.31. The second-order valence-corrected chi connectivity index (χ2v) is 9.08. The summed E-state index contributed by atoms with van der Waals surface area (Å²) in [5, 5.41) is 0. The van der Waals surface area contributed by atoms with Gasteiger partial charge in [0.1, 0.15) is 16.5 Å². The van der Waals surface area contributed by atoms with Crippen molar-refractivity contribution in [2.24, 2.45) is 5.92 Å². The quantitative estimate of drug-likeness (QED) is 0.717. The molecule has 0 bridgehead atoms. The first kappa shape index (κ1) is 17.8. The Morgan fingerprint density at radius 2 is 2.00 bits per heavy atom. The average Bonchev–Trinajstić information content (AvgIpc) is 2.78. The van der Waals surface area contributed by atoms with Crippen molar-refractivity contribution < 1.29 is 30.4 Å². The Bertz CT molecular complexity index is 824. The van der Waals surface area contributed by atoms with Gasteiger partial charge in [0.25, 0.3) is 10.0 Å². The standard InChI is InChI=1S/C12H14F2N2O5S2/c13-9-1-2-10(14)11(6-9)23(20,21)16-15-12(17)5-8-3-4-22(18,19)7-8/h1-2,6,8,16H,3-5,7H2,(H,15,17)/t8-/m0/s1. The first-order chi connectivity index (χ1) is 10.6. The van der Waals surface area contributed by atoms with Crippen LogP contribution in [0.3, 0.4) is 0 Å². The number of hydrogen-bond acceptors (Lipinski definition) is 5. The molecule has 0 aliphatic carbocycles. The van der Waals surface area contributed by atoms with Gasteiger partial charge in [-0.3, -0.25) is 10.2 Å². The van der Waals surface area contributed by atoms with Gasteiger partial charge in [0.2, 0.25) is 5.91 Å². The first-order valence-corrected chi connectivity index (χ1v) is 9.86. The molecule has 11 heteroatoms. The first-order valence-electron chi connectivity index (χ1n) is 6.55. The van der Waals surface area contributed by atoms with Crippen LogP contribution in [0.15, 0.2) is 23.1 Å². The van der Waals surface area contributed by atoms with Gasteiger partial charge in [-0.15, -0.1) is 4.83 Å². The fourth-order valence-electron chi connectivity index (χ4n) is 2.21. The van der Waals surface area contributed by atoms with Crippen molar-refractivity contribution in [1.82, 2.24) is 10.3 Å². The van der Waals surface area contributed by atoms with Gasteiger partial charge < -0.3 is 0 Å². The molecule has 2 N–H and O–H groups in total. The highest BCUT2D eigenvalue weighted by molar-refractivity contribution is 7.91. The van der Waals surface area contributed by atoms with E-state index >= 15 is 0 Å². The fourth-order valence-corrected chi connectivity index (χ4v) is 5.02. The molecule has 7 nitrogen and oxygen atoms in total. The second kappa shape index (κ2) is 6.49. The minimum absolute atomic E-state index is 0.00875. The van der Waals surface area contributed by atoms with Crippen molar-refractivity contribution in [3.63, 3.8) is 0 Å². The third-order valence-corrected chi connectivity index (χ3v) is 6.41. The minimum atomic E-state index is -4.48. The monoisotopic (exact) mass is 368 g/mol. The second-order valence-electron chi connectivity index (χ2n) is 5.20. The molecule has 128 valence electrons. The lowest BCUT2D eigenvalue weighted by molar-refractivity contribution is -0.122. The van der Waals surface area contributed by atoms with Crippen LogP contribution in [0.4, 0.5) is 8.78 Å². The predicted octanol–water partition coefficient (Wildman–Crippen LogP) is 0.0991. The zero-order valence-corrected chi connectivity index (χ0v) is 13.4. The molecular weight excluding hydrogens is 354 g/mol. The molecule has 0 aromatic heterocycles. The molecule has 0 unspecified atom stereocenters. The number of rotatable bonds is 5. The largest absolute Gasteiger partial charge is 0.278 e. The van der Waals surface area contributed by atoms with Gasteiger partial charge in [-0.2, -0.15) is 0 Å². The summed E-state index contributed by atoms with van der Waals surface area (Å²) in [7, 11) is -7.63. The van der Waals surface area contributed by atoms with E-state index in [4.69, 9.17) is 0 Å². The molecule has 1 saturated heterocycles. The highest BCUT2D eigenvalue weighted by Gasteiger charge is 2.30. The van der Waals surface area contributed by atoms with Gasteiger partial charge in [0, 0.05) is 6.42 Å². The van der Waals surface area contributed by atoms with Crippen LogP contribution in [0.25, 0.3) is 0 Å². The van der Waals surface area contributed by atoms with Crippen LogP contribution in [0.1, 0.15) is 12.8 Å². The summed E-state index contributed by atoms with van der Waals surface area (Å²) < 4.78 is 72.6. The zero-order chi connectivity index (χ0) is 17.3. The SMILES string of the molecule is O=C(C[C@@H]1CCS(=O)(=O)C1)NNS(=O)(=O)c1cc(F)ccc1F. The van der Waals surface area contributed by atoms with E-state index in [-0.39, 0.29) is 17.9 Å². The molecule has 1 aliphatic heterocycles. The Morgan fingerprint density at radius 1 is 1.30 bits per heavy atom. The molecule has 1 heterocycles. The van der Waals surface area contributed by atoms with Crippen molar-refractivity contribution >= 4 is 25.8 Å². The van der Waals surface area contributed by atoms with Crippen LogP contribution in [-0.2, 0) is 24.7 Å². The molecular formula is C12H14F2N2O5S2. The van der Waals surface area contributed by atoms with Crippen molar-refractivity contribution in [3.8, 4) is 0 Å². The van der Waals surface area contributed by atoms with Crippen LogP contribution < -0.4 is 10.3 Å². The normalized spacial score (nSPS) is 20.3. The number of carbonyl (C=O) groups is 1. The molecule has 1 atom stereocenters. The molecule has 2 rings (SSSR count). The Hall–Kier alpha value is -1.59. The van der Waals surface area contributed by atoms with Crippen molar-refractivity contribution in [3.05, 3.63) is 29.8 Å². The van der Waals surface area contributed by atoms with E-state index in [1.54, 1.807) is 4.83 Å². The van der Waals surface area contributed by atoms with E-state index in [0.29, 0.717) is 18.6 Å². The summed E-state index contributed by atoms with van der Waals surface area (Å²) in [6.45, 7) is 0. The lowest BCUT2D eigenvalue weighted by atomic mass is 10.1. The highest BCUT2D eigenvalue weighted by Crippen LogP contribution is 2.21. The summed E-state index contributed by atoms with van der Waals surface area (Å²) in [6, 6.07) is 1.88. The number of benzene rings is 1. The zero-order valence-electron chi connectivity index (χ0n) is 11.8. The van der Waals surface area contributed by atoms with Crippen molar-refractivity contribution in [2.75, 3.05) is 11.5 Å². The van der Waals surface area contributed by atoms with Crippen molar-refractivity contribution in [2.45, 2.75) is 17.7 Å². The molecule has 1 fully saturated rings. The summed E-state index contributed by atoms with van der Waals surface area (Å²) in [4.78, 5) is 12.4. The number of hydrazine groups is 1. The molecule has 0 saturated carbocycles. The number of nitrogens with one attached hydrogen (secondary N) is 2. The summed E-state index contributed by atoms with van der Waals surface area (Å²) in [5.74, 6) is -3.41. The summed E-state index contributed by atoms with van der Waals surface area (Å²) >= 11 is 0. The molecule has 23 heavy (non-hydrogen) atoms. The van der Waals surface area contributed by atoms with Crippen LogP contribution >= 0.6 is 0 Å². The molecule has 1 aromatic carbocycles. The van der Waals surface area contributed by atoms with Crippen LogP contribution in [0.2, 0.25) is 0 Å². The summed E-state index contributed by atoms with van der Waals surface area (Å²) in [6.07, 6.45) is 0.133. The number of carbonyl (C=O) groups excluding carboxylic acids is 1. The number of amides is 1. The molecule has 1 amide bonds. The van der Waals surface area contributed by atoms with Crippen LogP contribution in [0, 0.1) is 17.6 Å². The lowest BCUT2D eigenvalue weighted by Crippen LogP contribution is -2.42. The van der Waals surface area contributed by atoms with Gasteiger partial charge in [-0.05, 0) is 30.5 Å². The predicted molar refractivity (Wildman–Crippen MR) is 76.2 cm³/mol.